The van der Waals surface area contributed by atoms with Crippen LogP contribution in [0.1, 0.15) is 18.1 Å². The van der Waals surface area contributed by atoms with Crippen LogP contribution in [0.3, 0.4) is 0 Å². The third-order valence-corrected chi connectivity index (χ3v) is 2.00. The van der Waals surface area contributed by atoms with Crippen LogP contribution in [0, 0.1) is 5.82 Å². The van der Waals surface area contributed by atoms with Gasteiger partial charge >= 0.3 is 0 Å². The Balaban J connectivity index is 3.00. The molecule has 0 fully saturated rings. The van der Waals surface area contributed by atoms with Crippen molar-refractivity contribution in [2.75, 3.05) is 13.7 Å². The highest BCUT2D eigenvalue weighted by molar-refractivity contribution is 5.36. The lowest BCUT2D eigenvalue weighted by Crippen LogP contribution is -2.08. The topological polar surface area (TPSA) is 55.5 Å². The molecule has 0 aliphatic carbocycles. The molecule has 1 atom stereocenters. The zero-order chi connectivity index (χ0) is 10.6. The molecule has 0 heterocycles. The molecule has 4 heteroatoms. The number of hydrogen-bond acceptors (Lipinski definition) is 3. The summed E-state index contributed by atoms with van der Waals surface area (Å²) in [5.41, 5.74) is 5.74. The number of ether oxygens (including phenoxy) is 1. The summed E-state index contributed by atoms with van der Waals surface area (Å²) in [4.78, 5) is 0. The zero-order valence-corrected chi connectivity index (χ0v) is 8.03. The van der Waals surface area contributed by atoms with Crippen LogP contribution in [0.25, 0.3) is 0 Å². The third kappa shape index (κ3) is 2.21. The van der Waals surface area contributed by atoms with Crippen molar-refractivity contribution in [2.24, 2.45) is 5.73 Å². The summed E-state index contributed by atoms with van der Waals surface area (Å²) in [5, 5.41) is 9.63. The number of nitrogens with two attached hydrogens (primary N) is 1. The lowest BCUT2D eigenvalue weighted by atomic mass is 10.1. The first-order chi connectivity index (χ1) is 6.70. The molecule has 3 N–H and O–H groups in total. The van der Waals surface area contributed by atoms with Crippen LogP contribution in [0.5, 0.6) is 5.75 Å². The fourth-order valence-corrected chi connectivity index (χ4v) is 1.32. The quantitative estimate of drug-likeness (QED) is 0.766. The SMILES string of the molecule is COc1c(F)cccc1[C@@H](O)CCN. The fourth-order valence-electron chi connectivity index (χ4n) is 1.32. The van der Waals surface area contributed by atoms with E-state index in [2.05, 4.69) is 0 Å². The van der Waals surface area contributed by atoms with Crippen molar-refractivity contribution >= 4 is 0 Å². The largest absolute Gasteiger partial charge is 0.493 e. The van der Waals surface area contributed by atoms with Gasteiger partial charge in [-0.25, -0.2) is 4.39 Å². The van der Waals surface area contributed by atoms with E-state index in [4.69, 9.17) is 10.5 Å². The molecule has 0 aromatic heterocycles. The Labute approximate surface area is 82.3 Å². The van der Waals surface area contributed by atoms with E-state index in [1.807, 2.05) is 0 Å². The molecule has 0 saturated carbocycles. The van der Waals surface area contributed by atoms with Crippen molar-refractivity contribution in [3.8, 4) is 5.75 Å². The first-order valence-corrected chi connectivity index (χ1v) is 4.41. The summed E-state index contributed by atoms with van der Waals surface area (Å²) in [5.74, 6) is -0.380. The predicted octanol–water partition coefficient (Wildman–Crippen LogP) is 1.22. The second-order valence-electron chi connectivity index (χ2n) is 2.96. The number of para-hydroxylation sites is 1. The first-order valence-electron chi connectivity index (χ1n) is 4.41. The summed E-state index contributed by atoms with van der Waals surface area (Å²) >= 11 is 0. The summed E-state index contributed by atoms with van der Waals surface area (Å²) in [6.45, 7) is 0.348. The number of halogens is 1. The van der Waals surface area contributed by atoms with Gasteiger partial charge in [0.1, 0.15) is 0 Å². The minimum atomic E-state index is -0.773. The predicted molar refractivity (Wildman–Crippen MR) is 51.6 cm³/mol. The molecule has 0 unspecified atom stereocenters. The zero-order valence-electron chi connectivity index (χ0n) is 8.03. The van der Waals surface area contributed by atoms with E-state index in [0.29, 0.717) is 18.5 Å². The van der Waals surface area contributed by atoms with Gasteiger partial charge in [0.2, 0.25) is 0 Å². The second-order valence-corrected chi connectivity index (χ2v) is 2.96. The molecule has 14 heavy (non-hydrogen) atoms. The number of benzene rings is 1. The minimum Gasteiger partial charge on any atom is -0.493 e. The van der Waals surface area contributed by atoms with E-state index in [-0.39, 0.29) is 5.75 Å². The van der Waals surface area contributed by atoms with Crippen LogP contribution in [-0.4, -0.2) is 18.8 Å². The highest BCUT2D eigenvalue weighted by Gasteiger charge is 2.15. The molecule has 0 saturated heterocycles. The van der Waals surface area contributed by atoms with Crippen molar-refractivity contribution < 1.29 is 14.2 Å². The van der Waals surface area contributed by atoms with Crippen molar-refractivity contribution in [1.82, 2.24) is 0 Å². The Morgan fingerprint density at radius 1 is 1.57 bits per heavy atom. The van der Waals surface area contributed by atoms with Gasteiger partial charge in [-0.3, -0.25) is 0 Å². The van der Waals surface area contributed by atoms with Gasteiger partial charge < -0.3 is 15.6 Å². The highest BCUT2D eigenvalue weighted by Crippen LogP contribution is 2.29. The molecule has 3 nitrogen and oxygen atoms in total. The molecule has 78 valence electrons. The van der Waals surface area contributed by atoms with Gasteiger partial charge in [0, 0.05) is 5.56 Å². The van der Waals surface area contributed by atoms with E-state index in [0.717, 1.165) is 0 Å². The van der Waals surface area contributed by atoms with E-state index >= 15 is 0 Å². The number of rotatable bonds is 4. The van der Waals surface area contributed by atoms with Crippen LogP contribution in [0.2, 0.25) is 0 Å². The van der Waals surface area contributed by atoms with Crippen LogP contribution in [0.4, 0.5) is 4.39 Å². The maximum atomic E-state index is 13.2. The Morgan fingerprint density at radius 2 is 2.29 bits per heavy atom. The van der Waals surface area contributed by atoms with Crippen molar-refractivity contribution in [3.05, 3.63) is 29.6 Å². The molecule has 0 aliphatic rings. The molecule has 0 bridgehead atoms. The van der Waals surface area contributed by atoms with Gasteiger partial charge in [-0.2, -0.15) is 0 Å². The van der Waals surface area contributed by atoms with Crippen molar-refractivity contribution in [3.63, 3.8) is 0 Å². The summed E-state index contributed by atoms with van der Waals surface area (Å²) in [6.07, 6.45) is -0.384. The van der Waals surface area contributed by atoms with Gasteiger partial charge in [-0.05, 0) is 19.0 Å². The highest BCUT2D eigenvalue weighted by atomic mass is 19.1. The monoisotopic (exact) mass is 199 g/mol. The van der Waals surface area contributed by atoms with Gasteiger partial charge in [0.25, 0.3) is 0 Å². The Morgan fingerprint density at radius 3 is 2.86 bits per heavy atom. The smallest absolute Gasteiger partial charge is 0.165 e. The van der Waals surface area contributed by atoms with Gasteiger partial charge in [-0.1, -0.05) is 12.1 Å². The molecule has 1 rings (SSSR count). The summed E-state index contributed by atoms with van der Waals surface area (Å²) in [6, 6.07) is 4.45. The molecule has 0 amide bonds. The maximum absolute atomic E-state index is 13.2. The van der Waals surface area contributed by atoms with Crippen molar-refractivity contribution in [1.29, 1.82) is 0 Å². The maximum Gasteiger partial charge on any atom is 0.165 e. The molecular formula is C10H14FNO2. The van der Waals surface area contributed by atoms with Crippen molar-refractivity contribution in [2.45, 2.75) is 12.5 Å². The fraction of sp³-hybridized carbons (Fsp3) is 0.400. The molecule has 0 spiro atoms. The normalized spacial score (nSPS) is 12.6. The van der Waals surface area contributed by atoms with Crippen LogP contribution < -0.4 is 10.5 Å². The average Bonchev–Trinajstić information content (AvgIpc) is 2.17. The third-order valence-electron chi connectivity index (χ3n) is 2.00. The van der Waals surface area contributed by atoms with Gasteiger partial charge in [-0.15, -0.1) is 0 Å². The molecule has 0 radical (unpaired) electrons. The standard InChI is InChI=1S/C10H14FNO2/c1-14-10-7(9(13)5-6-12)3-2-4-8(10)11/h2-4,9,13H,5-6,12H2,1H3/t9-/m0/s1. The van der Waals surface area contributed by atoms with E-state index in [1.54, 1.807) is 6.07 Å². The summed E-state index contributed by atoms with van der Waals surface area (Å²) in [7, 11) is 1.37. The number of aliphatic hydroxyl groups excluding tert-OH is 1. The van der Waals surface area contributed by atoms with Crippen LogP contribution in [0.15, 0.2) is 18.2 Å². The Hall–Kier alpha value is -1.13. The number of hydrogen-bond donors (Lipinski definition) is 2. The first kappa shape index (κ1) is 10.9. The number of aliphatic hydroxyl groups is 1. The summed E-state index contributed by atoms with van der Waals surface area (Å²) < 4.78 is 18.1. The van der Waals surface area contributed by atoms with Gasteiger partial charge in [0.05, 0.1) is 13.2 Å². The molecule has 1 aromatic carbocycles. The molecular weight excluding hydrogens is 185 g/mol. The van der Waals surface area contributed by atoms with Crippen LogP contribution in [-0.2, 0) is 0 Å². The Bertz CT molecular complexity index is 304. The molecule has 0 aliphatic heterocycles. The van der Waals surface area contributed by atoms with Crippen LogP contribution >= 0.6 is 0 Å². The second kappa shape index (κ2) is 4.93. The lowest BCUT2D eigenvalue weighted by Gasteiger charge is -2.14. The van der Waals surface area contributed by atoms with E-state index in [1.165, 1.54) is 19.2 Å². The Kier molecular flexibility index (Phi) is 3.85. The molecule has 1 aromatic rings. The minimum absolute atomic E-state index is 0.0912. The van der Waals surface area contributed by atoms with Gasteiger partial charge in [0.15, 0.2) is 11.6 Å². The van der Waals surface area contributed by atoms with E-state index in [9.17, 15) is 9.50 Å². The average molecular weight is 199 g/mol. The lowest BCUT2D eigenvalue weighted by molar-refractivity contribution is 0.165. The van der Waals surface area contributed by atoms with E-state index < -0.39 is 11.9 Å². The number of methoxy groups -OCH3 is 1.